The first-order valence-electron chi connectivity index (χ1n) is 5.81. The SMILES string of the molecule is COc1ccc(C)cc1NC(=O)c1cccc(F)c1. The number of nitrogens with one attached hydrogen (secondary N) is 1. The van der Waals surface area contributed by atoms with E-state index in [2.05, 4.69) is 5.32 Å². The van der Waals surface area contributed by atoms with Crippen LogP contribution in [0.1, 0.15) is 15.9 Å². The lowest BCUT2D eigenvalue weighted by Gasteiger charge is -2.11. The smallest absolute Gasteiger partial charge is 0.255 e. The minimum atomic E-state index is -0.441. The second-order valence-electron chi connectivity index (χ2n) is 4.17. The number of amides is 1. The lowest BCUT2D eigenvalue weighted by atomic mass is 10.1. The average Bonchev–Trinajstić information content (AvgIpc) is 2.39. The fourth-order valence-corrected chi connectivity index (χ4v) is 1.74. The zero-order valence-electron chi connectivity index (χ0n) is 10.7. The fourth-order valence-electron chi connectivity index (χ4n) is 1.74. The van der Waals surface area contributed by atoms with Crippen LogP contribution < -0.4 is 10.1 Å². The van der Waals surface area contributed by atoms with Crippen LogP contribution in [0.5, 0.6) is 5.75 Å². The van der Waals surface area contributed by atoms with Crippen LogP contribution in [0.15, 0.2) is 42.5 Å². The van der Waals surface area contributed by atoms with Crippen molar-refractivity contribution in [1.29, 1.82) is 0 Å². The summed E-state index contributed by atoms with van der Waals surface area (Å²) < 4.78 is 18.2. The van der Waals surface area contributed by atoms with Crippen LogP contribution in [0.4, 0.5) is 10.1 Å². The molecule has 0 spiro atoms. The molecule has 0 aromatic heterocycles. The van der Waals surface area contributed by atoms with Crippen molar-refractivity contribution in [1.82, 2.24) is 0 Å². The number of rotatable bonds is 3. The highest BCUT2D eigenvalue weighted by atomic mass is 19.1. The Morgan fingerprint density at radius 2 is 2.00 bits per heavy atom. The summed E-state index contributed by atoms with van der Waals surface area (Å²) in [6.07, 6.45) is 0. The average molecular weight is 259 g/mol. The van der Waals surface area contributed by atoms with Gasteiger partial charge in [0.1, 0.15) is 11.6 Å². The van der Waals surface area contributed by atoms with Gasteiger partial charge in [-0.2, -0.15) is 0 Å². The van der Waals surface area contributed by atoms with Crippen molar-refractivity contribution in [2.75, 3.05) is 12.4 Å². The van der Waals surface area contributed by atoms with Crippen LogP contribution in [-0.2, 0) is 0 Å². The second kappa shape index (κ2) is 5.52. The summed E-state index contributed by atoms with van der Waals surface area (Å²) in [7, 11) is 1.53. The molecule has 19 heavy (non-hydrogen) atoms. The lowest BCUT2D eigenvalue weighted by Crippen LogP contribution is -2.13. The third-order valence-corrected chi connectivity index (χ3v) is 2.69. The van der Waals surface area contributed by atoms with Crippen LogP contribution in [0.3, 0.4) is 0 Å². The first-order chi connectivity index (χ1) is 9.10. The van der Waals surface area contributed by atoms with E-state index in [1.165, 1.54) is 25.3 Å². The van der Waals surface area contributed by atoms with Gasteiger partial charge in [-0.15, -0.1) is 0 Å². The minimum absolute atomic E-state index is 0.267. The van der Waals surface area contributed by atoms with E-state index in [1.807, 2.05) is 13.0 Å². The summed E-state index contributed by atoms with van der Waals surface area (Å²) in [5, 5.41) is 2.72. The molecule has 0 atom stereocenters. The first-order valence-corrected chi connectivity index (χ1v) is 5.81. The predicted molar refractivity (Wildman–Crippen MR) is 72.1 cm³/mol. The van der Waals surface area contributed by atoms with Crippen LogP contribution in [0.2, 0.25) is 0 Å². The molecule has 0 radical (unpaired) electrons. The number of hydrogen-bond acceptors (Lipinski definition) is 2. The topological polar surface area (TPSA) is 38.3 Å². The molecule has 0 aliphatic carbocycles. The number of anilines is 1. The Balaban J connectivity index is 2.26. The summed E-state index contributed by atoms with van der Waals surface area (Å²) in [6, 6.07) is 11.0. The van der Waals surface area contributed by atoms with Gasteiger partial charge in [0.05, 0.1) is 12.8 Å². The maximum atomic E-state index is 13.1. The number of carbonyl (C=O) groups is 1. The predicted octanol–water partition coefficient (Wildman–Crippen LogP) is 3.40. The van der Waals surface area contributed by atoms with Crippen molar-refractivity contribution in [2.24, 2.45) is 0 Å². The molecule has 0 saturated carbocycles. The molecule has 0 fully saturated rings. The summed E-state index contributed by atoms with van der Waals surface area (Å²) in [4.78, 5) is 12.0. The van der Waals surface area contributed by atoms with Gasteiger partial charge < -0.3 is 10.1 Å². The highest BCUT2D eigenvalue weighted by Gasteiger charge is 2.10. The highest BCUT2D eigenvalue weighted by molar-refractivity contribution is 6.05. The third kappa shape index (κ3) is 3.10. The van der Waals surface area contributed by atoms with Crippen LogP contribution in [0, 0.1) is 12.7 Å². The van der Waals surface area contributed by atoms with Crippen molar-refractivity contribution >= 4 is 11.6 Å². The van der Waals surface area contributed by atoms with Gasteiger partial charge in [-0.3, -0.25) is 4.79 Å². The summed E-state index contributed by atoms with van der Waals surface area (Å²) >= 11 is 0. The standard InChI is InChI=1S/C15H14FNO2/c1-10-6-7-14(19-2)13(8-10)17-15(18)11-4-3-5-12(16)9-11/h3-9H,1-2H3,(H,17,18). The van der Waals surface area contributed by atoms with Crippen molar-refractivity contribution in [3.63, 3.8) is 0 Å². The number of halogens is 1. The van der Waals surface area contributed by atoms with E-state index in [1.54, 1.807) is 18.2 Å². The molecule has 0 aliphatic rings. The molecule has 1 N–H and O–H groups in total. The quantitative estimate of drug-likeness (QED) is 0.917. The van der Waals surface area contributed by atoms with Crippen molar-refractivity contribution in [3.05, 3.63) is 59.4 Å². The molecule has 0 aliphatic heterocycles. The van der Waals surface area contributed by atoms with E-state index in [-0.39, 0.29) is 11.5 Å². The van der Waals surface area contributed by atoms with Crippen molar-refractivity contribution < 1.29 is 13.9 Å². The van der Waals surface area contributed by atoms with E-state index in [0.29, 0.717) is 11.4 Å². The molecule has 0 unspecified atom stereocenters. The maximum absolute atomic E-state index is 13.1. The van der Waals surface area contributed by atoms with Gasteiger partial charge in [0.15, 0.2) is 0 Å². The van der Waals surface area contributed by atoms with Crippen molar-refractivity contribution in [2.45, 2.75) is 6.92 Å². The molecular weight excluding hydrogens is 245 g/mol. The van der Waals surface area contributed by atoms with Gasteiger partial charge >= 0.3 is 0 Å². The molecule has 98 valence electrons. The molecule has 2 rings (SSSR count). The molecule has 4 heteroatoms. The second-order valence-corrected chi connectivity index (χ2v) is 4.17. The van der Waals surface area contributed by atoms with Crippen molar-refractivity contribution in [3.8, 4) is 5.75 Å². The Bertz CT molecular complexity index is 611. The van der Waals surface area contributed by atoms with Crippen LogP contribution in [-0.4, -0.2) is 13.0 Å². The molecule has 0 bridgehead atoms. The summed E-state index contributed by atoms with van der Waals surface area (Å²) in [5.74, 6) is -0.248. The Labute approximate surface area is 111 Å². The largest absolute Gasteiger partial charge is 0.495 e. The first kappa shape index (κ1) is 13.1. The van der Waals surface area contributed by atoms with E-state index in [9.17, 15) is 9.18 Å². The zero-order valence-corrected chi connectivity index (χ0v) is 10.7. The van der Waals surface area contributed by atoms with E-state index < -0.39 is 5.82 Å². The number of carbonyl (C=O) groups excluding carboxylic acids is 1. The molecular formula is C15H14FNO2. The van der Waals surface area contributed by atoms with Crippen LogP contribution >= 0.6 is 0 Å². The molecule has 3 nitrogen and oxygen atoms in total. The monoisotopic (exact) mass is 259 g/mol. The van der Waals surface area contributed by atoms with Gasteiger partial charge in [0, 0.05) is 5.56 Å². The molecule has 0 heterocycles. The molecule has 2 aromatic carbocycles. The Hall–Kier alpha value is -2.36. The van der Waals surface area contributed by atoms with Gasteiger partial charge in [0.2, 0.25) is 0 Å². The number of aryl methyl sites for hydroxylation is 1. The van der Waals surface area contributed by atoms with Gasteiger partial charge in [0.25, 0.3) is 5.91 Å². The Morgan fingerprint density at radius 3 is 2.68 bits per heavy atom. The van der Waals surface area contributed by atoms with E-state index in [0.717, 1.165) is 5.56 Å². The summed E-state index contributed by atoms with van der Waals surface area (Å²) in [6.45, 7) is 1.91. The Morgan fingerprint density at radius 1 is 1.21 bits per heavy atom. The number of methoxy groups -OCH3 is 1. The Kier molecular flexibility index (Phi) is 3.80. The lowest BCUT2D eigenvalue weighted by molar-refractivity contribution is 0.102. The summed E-state index contributed by atoms with van der Waals surface area (Å²) in [5.41, 5.74) is 1.83. The fraction of sp³-hybridized carbons (Fsp3) is 0.133. The van der Waals surface area contributed by atoms with Crippen LogP contribution in [0.25, 0.3) is 0 Å². The third-order valence-electron chi connectivity index (χ3n) is 2.69. The minimum Gasteiger partial charge on any atom is -0.495 e. The van der Waals surface area contributed by atoms with Gasteiger partial charge in [-0.1, -0.05) is 12.1 Å². The molecule has 0 saturated heterocycles. The maximum Gasteiger partial charge on any atom is 0.255 e. The normalized spacial score (nSPS) is 10.1. The number of ether oxygens (including phenoxy) is 1. The number of benzene rings is 2. The van der Waals surface area contributed by atoms with E-state index in [4.69, 9.17) is 4.74 Å². The number of hydrogen-bond donors (Lipinski definition) is 1. The van der Waals surface area contributed by atoms with E-state index >= 15 is 0 Å². The van der Waals surface area contributed by atoms with Gasteiger partial charge in [-0.05, 0) is 42.8 Å². The molecule has 1 amide bonds. The molecule has 2 aromatic rings. The highest BCUT2D eigenvalue weighted by Crippen LogP contribution is 2.25. The zero-order chi connectivity index (χ0) is 13.8. The van der Waals surface area contributed by atoms with Gasteiger partial charge in [-0.25, -0.2) is 4.39 Å².